The molecule has 0 bridgehead atoms. The van der Waals surface area contributed by atoms with Crippen molar-refractivity contribution in [3.63, 3.8) is 0 Å². The molecule has 0 amide bonds. The maximum absolute atomic E-state index is 13.4. The summed E-state index contributed by atoms with van der Waals surface area (Å²) in [5.41, 5.74) is 1.13. The summed E-state index contributed by atoms with van der Waals surface area (Å²) >= 11 is 0. The molecule has 0 atom stereocenters. The second kappa shape index (κ2) is 4.80. The van der Waals surface area contributed by atoms with Crippen LogP contribution in [0.3, 0.4) is 0 Å². The fourth-order valence-corrected chi connectivity index (χ4v) is 1.72. The largest absolute Gasteiger partial charge is 0.322 e. The molecule has 0 unspecified atom stereocenters. The number of benzene rings is 1. The zero-order valence-electron chi connectivity index (χ0n) is 9.72. The molecule has 1 aromatic carbocycles. The lowest BCUT2D eigenvalue weighted by molar-refractivity contribution is 0.111. The zero-order chi connectivity index (χ0) is 13.1. The maximum atomic E-state index is 13.4. The Morgan fingerprint density at radius 1 is 1.56 bits per heavy atom. The van der Waals surface area contributed by atoms with Gasteiger partial charge in [-0.05, 0) is 24.6 Å². The molecule has 18 heavy (non-hydrogen) atoms. The lowest BCUT2D eigenvalue weighted by atomic mass is 10.1. The Hall–Kier alpha value is -2.48. The maximum Gasteiger partial charge on any atom is 0.168 e. The van der Waals surface area contributed by atoms with Gasteiger partial charge in [0.1, 0.15) is 23.4 Å². The van der Waals surface area contributed by atoms with Crippen LogP contribution in [0.5, 0.6) is 0 Å². The summed E-state index contributed by atoms with van der Waals surface area (Å²) in [6, 6.07) is 6.15. The molecule has 4 nitrogen and oxygen atoms in total. The third-order valence-corrected chi connectivity index (χ3v) is 2.70. The number of imidazole rings is 1. The molecule has 2 aromatic rings. The highest BCUT2D eigenvalue weighted by Crippen LogP contribution is 2.13. The van der Waals surface area contributed by atoms with Crippen LogP contribution < -0.4 is 0 Å². The van der Waals surface area contributed by atoms with Crippen LogP contribution in [0.1, 0.15) is 27.4 Å². The SMILES string of the molecule is Cc1ncc(C=O)n1Cc1ccc(C#N)c(F)c1. The molecule has 0 aliphatic heterocycles. The highest BCUT2D eigenvalue weighted by atomic mass is 19.1. The van der Waals surface area contributed by atoms with E-state index < -0.39 is 5.82 Å². The zero-order valence-corrected chi connectivity index (χ0v) is 9.72. The monoisotopic (exact) mass is 243 g/mol. The lowest BCUT2D eigenvalue weighted by Gasteiger charge is -2.07. The van der Waals surface area contributed by atoms with Crippen LogP contribution in [0.15, 0.2) is 24.4 Å². The van der Waals surface area contributed by atoms with Crippen LogP contribution in [0.2, 0.25) is 0 Å². The van der Waals surface area contributed by atoms with E-state index >= 15 is 0 Å². The molecule has 0 radical (unpaired) electrons. The van der Waals surface area contributed by atoms with E-state index in [1.54, 1.807) is 23.6 Å². The van der Waals surface area contributed by atoms with Crippen molar-refractivity contribution in [3.8, 4) is 6.07 Å². The molecule has 0 aliphatic carbocycles. The van der Waals surface area contributed by atoms with Crippen LogP contribution in [-0.4, -0.2) is 15.8 Å². The van der Waals surface area contributed by atoms with Gasteiger partial charge in [-0.3, -0.25) is 4.79 Å². The van der Waals surface area contributed by atoms with Crippen molar-refractivity contribution in [3.05, 3.63) is 52.9 Å². The second-order valence-corrected chi connectivity index (χ2v) is 3.86. The number of carbonyl (C=O) groups excluding carboxylic acids is 1. The molecule has 0 saturated heterocycles. The molecule has 5 heteroatoms. The van der Waals surface area contributed by atoms with Crippen molar-refractivity contribution in [1.82, 2.24) is 9.55 Å². The van der Waals surface area contributed by atoms with Crippen molar-refractivity contribution in [1.29, 1.82) is 5.26 Å². The Morgan fingerprint density at radius 2 is 2.33 bits per heavy atom. The van der Waals surface area contributed by atoms with E-state index in [2.05, 4.69) is 4.98 Å². The first-order valence-electron chi connectivity index (χ1n) is 5.31. The predicted molar refractivity (Wildman–Crippen MR) is 62.6 cm³/mol. The fraction of sp³-hybridized carbons (Fsp3) is 0.154. The number of hydrogen-bond acceptors (Lipinski definition) is 3. The summed E-state index contributed by atoms with van der Waals surface area (Å²) in [7, 11) is 0. The number of hydrogen-bond donors (Lipinski definition) is 0. The number of aryl methyl sites for hydroxylation is 1. The third kappa shape index (κ3) is 2.13. The van der Waals surface area contributed by atoms with E-state index in [-0.39, 0.29) is 5.56 Å². The van der Waals surface area contributed by atoms with E-state index in [4.69, 9.17) is 5.26 Å². The number of carbonyl (C=O) groups is 1. The van der Waals surface area contributed by atoms with Gasteiger partial charge in [0, 0.05) is 6.54 Å². The Bertz CT molecular complexity index is 640. The van der Waals surface area contributed by atoms with Crippen LogP contribution >= 0.6 is 0 Å². The molecule has 1 heterocycles. The minimum Gasteiger partial charge on any atom is -0.322 e. The van der Waals surface area contributed by atoms with Gasteiger partial charge in [-0.15, -0.1) is 0 Å². The summed E-state index contributed by atoms with van der Waals surface area (Å²) in [5, 5.41) is 8.64. The minimum absolute atomic E-state index is 0.0108. The molecule has 1 aromatic heterocycles. The van der Waals surface area contributed by atoms with E-state index in [9.17, 15) is 9.18 Å². The first kappa shape index (κ1) is 12.0. The molecule has 90 valence electrons. The van der Waals surface area contributed by atoms with Gasteiger partial charge in [-0.1, -0.05) is 6.07 Å². The van der Waals surface area contributed by atoms with Crippen LogP contribution in [0, 0.1) is 24.1 Å². The van der Waals surface area contributed by atoms with E-state index in [0.717, 1.165) is 0 Å². The smallest absolute Gasteiger partial charge is 0.168 e. The Morgan fingerprint density at radius 3 is 2.94 bits per heavy atom. The van der Waals surface area contributed by atoms with Crippen molar-refractivity contribution in [2.45, 2.75) is 13.5 Å². The van der Waals surface area contributed by atoms with Gasteiger partial charge in [0.2, 0.25) is 0 Å². The summed E-state index contributed by atoms with van der Waals surface area (Å²) < 4.78 is 15.1. The Labute approximate surface area is 103 Å². The average molecular weight is 243 g/mol. The van der Waals surface area contributed by atoms with Crippen LogP contribution in [0.25, 0.3) is 0 Å². The predicted octanol–water partition coefficient (Wildman–Crippen LogP) is 2.06. The minimum atomic E-state index is -0.555. The average Bonchev–Trinajstić information content (AvgIpc) is 2.71. The number of rotatable bonds is 3. The van der Waals surface area contributed by atoms with E-state index in [1.165, 1.54) is 18.3 Å². The van der Waals surface area contributed by atoms with Crippen molar-refractivity contribution < 1.29 is 9.18 Å². The molecular formula is C13H10FN3O. The molecule has 0 aliphatic rings. The molecule has 2 rings (SSSR count). The summed E-state index contributed by atoms with van der Waals surface area (Å²) in [5.74, 6) is 0.127. The number of nitrogens with zero attached hydrogens (tertiary/aromatic N) is 3. The first-order valence-corrected chi connectivity index (χ1v) is 5.31. The fourth-order valence-electron chi connectivity index (χ4n) is 1.72. The summed E-state index contributed by atoms with van der Waals surface area (Å²) in [6.45, 7) is 2.12. The lowest BCUT2D eigenvalue weighted by Crippen LogP contribution is -2.06. The Balaban J connectivity index is 2.35. The van der Waals surface area contributed by atoms with Gasteiger partial charge < -0.3 is 4.57 Å². The van der Waals surface area contributed by atoms with Gasteiger partial charge in [0.15, 0.2) is 6.29 Å². The molecule has 0 fully saturated rings. The normalized spacial score (nSPS) is 10.1. The van der Waals surface area contributed by atoms with Gasteiger partial charge >= 0.3 is 0 Å². The van der Waals surface area contributed by atoms with E-state index in [0.29, 0.717) is 29.9 Å². The highest BCUT2D eigenvalue weighted by molar-refractivity contribution is 5.71. The van der Waals surface area contributed by atoms with Gasteiger partial charge in [-0.25, -0.2) is 9.37 Å². The molecule has 0 saturated carbocycles. The first-order chi connectivity index (χ1) is 8.65. The van der Waals surface area contributed by atoms with Crippen LogP contribution in [0.4, 0.5) is 4.39 Å². The number of nitriles is 1. The van der Waals surface area contributed by atoms with Gasteiger partial charge in [-0.2, -0.15) is 5.26 Å². The van der Waals surface area contributed by atoms with Crippen LogP contribution in [-0.2, 0) is 6.54 Å². The number of aldehydes is 1. The second-order valence-electron chi connectivity index (χ2n) is 3.86. The van der Waals surface area contributed by atoms with Crippen molar-refractivity contribution in [2.75, 3.05) is 0 Å². The molecule has 0 N–H and O–H groups in total. The number of aromatic nitrogens is 2. The third-order valence-electron chi connectivity index (χ3n) is 2.70. The molecule has 0 spiro atoms. The summed E-state index contributed by atoms with van der Waals surface area (Å²) in [6.07, 6.45) is 2.18. The number of halogens is 1. The van der Waals surface area contributed by atoms with Gasteiger partial charge in [0.25, 0.3) is 0 Å². The topological polar surface area (TPSA) is 58.7 Å². The standard InChI is InChI=1S/C13H10FN3O/c1-9-16-6-12(8-18)17(9)7-10-2-3-11(5-15)13(14)4-10/h2-4,6,8H,7H2,1H3. The molecular weight excluding hydrogens is 233 g/mol. The van der Waals surface area contributed by atoms with Crippen molar-refractivity contribution in [2.24, 2.45) is 0 Å². The Kier molecular flexibility index (Phi) is 3.20. The van der Waals surface area contributed by atoms with Gasteiger partial charge in [0.05, 0.1) is 11.8 Å². The summed E-state index contributed by atoms with van der Waals surface area (Å²) in [4.78, 5) is 14.8. The van der Waals surface area contributed by atoms with Crippen molar-refractivity contribution >= 4 is 6.29 Å². The quantitative estimate of drug-likeness (QED) is 0.775. The van der Waals surface area contributed by atoms with E-state index in [1.807, 2.05) is 0 Å². The highest BCUT2D eigenvalue weighted by Gasteiger charge is 2.08.